The van der Waals surface area contributed by atoms with Gasteiger partial charge in [0.2, 0.25) is 0 Å². The number of amides is 1. The molecule has 104 valence electrons. The van der Waals surface area contributed by atoms with Gasteiger partial charge in [-0.05, 0) is 20.8 Å². The molecule has 4 nitrogen and oxygen atoms in total. The second-order valence-electron chi connectivity index (χ2n) is 6.95. The first-order valence-electron chi connectivity index (χ1n) is 6.54. The molecule has 1 atom stereocenters. The van der Waals surface area contributed by atoms with Gasteiger partial charge in [0, 0.05) is 24.9 Å². The molecule has 0 aromatic carbocycles. The van der Waals surface area contributed by atoms with Crippen LogP contribution >= 0.6 is 0 Å². The van der Waals surface area contributed by atoms with Crippen LogP contribution in [0.4, 0.5) is 4.79 Å². The Morgan fingerprint density at radius 2 is 2.00 bits per heavy atom. The highest BCUT2D eigenvalue weighted by molar-refractivity contribution is 5.68. The summed E-state index contributed by atoms with van der Waals surface area (Å²) in [7, 11) is 2.00. The third-order valence-electron chi connectivity index (χ3n) is 3.36. The van der Waals surface area contributed by atoms with E-state index in [1.807, 2.05) is 37.3 Å². The second-order valence-corrected chi connectivity index (χ2v) is 6.95. The van der Waals surface area contributed by atoms with E-state index in [0.717, 1.165) is 13.0 Å². The molecule has 1 aliphatic heterocycles. The van der Waals surface area contributed by atoms with Crippen LogP contribution in [0.1, 0.15) is 41.0 Å². The van der Waals surface area contributed by atoms with Gasteiger partial charge in [0.15, 0.2) is 6.04 Å². The van der Waals surface area contributed by atoms with Crippen LogP contribution in [0.25, 0.3) is 0 Å². The highest BCUT2D eigenvalue weighted by atomic mass is 16.6. The smallest absolute Gasteiger partial charge is 0.410 e. The summed E-state index contributed by atoms with van der Waals surface area (Å²) < 4.78 is 7.43. The molecule has 1 rings (SSSR count). The van der Waals surface area contributed by atoms with Gasteiger partial charge in [0.25, 0.3) is 0 Å². The summed E-state index contributed by atoms with van der Waals surface area (Å²) in [6.07, 6.45) is 0.729. The highest BCUT2D eigenvalue weighted by Gasteiger charge is 2.43. The molecule has 0 saturated carbocycles. The summed E-state index contributed by atoms with van der Waals surface area (Å²) >= 11 is 0. The lowest BCUT2D eigenvalue weighted by atomic mass is 9.79. The third kappa shape index (κ3) is 3.72. The number of carbonyl (C=O) groups excluding carboxylic acids is 1. The monoisotopic (exact) mass is 255 g/mol. The van der Waals surface area contributed by atoms with Gasteiger partial charge < -0.3 is 9.64 Å². The molecule has 1 fully saturated rings. The Morgan fingerprint density at radius 3 is 2.39 bits per heavy atom. The zero-order valence-corrected chi connectivity index (χ0v) is 12.6. The van der Waals surface area contributed by atoms with E-state index >= 15 is 0 Å². The molecule has 18 heavy (non-hydrogen) atoms. The number of rotatable bonds is 1. The van der Waals surface area contributed by atoms with E-state index in [-0.39, 0.29) is 11.5 Å². The number of carbonyl (C=O) groups is 1. The summed E-state index contributed by atoms with van der Waals surface area (Å²) in [5.74, 6) is 0. The van der Waals surface area contributed by atoms with Gasteiger partial charge >= 0.3 is 6.09 Å². The van der Waals surface area contributed by atoms with E-state index in [2.05, 4.69) is 20.6 Å². The summed E-state index contributed by atoms with van der Waals surface area (Å²) in [5, 5.41) is 0. The minimum atomic E-state index is -0.429. The summed E-state index contributed by atoms with van der Waals surface area (Å²) in [4.78, 5) is 13.9. The van der Waals surface area contributed by atoms with Crippen LogP contribution in [-0.4, -0.2) is 54.1 Å². The van der Waals surface area contributed by atoms with E-state index in [0.29, 0.717) is 12.6 Å². The Labute approximate surface area is 111 Å². The first-order chi connectivity index (χ1) is 8.03. The number of hydrogen-bond acceptors (Lipinski definition) is 2. The van der Waals surface area contributed by atoms with Crippen LogP contribution in [-0.2, 0) is 4.74 Å². The Bertz CT molecular complexity index is 342. The first kappa shape index (κ1) is 15.0. The molecule has 1 amide bonds. The van der Waals surface area contributed by atoms with E-state index in [9.17, 15) is 4.79 Å². The van der Waals surface area contributed by atoms with Crippen molar-refractivity contribution >= 4 is 12.8 Å². The number of hydrogen-bond donors (Lipinski definition) is 0. The predicted molar refractivity (Wildman–Crippen MR) is 73.3 cm³/mol. The molecule has 1 saturated heterocycles. The zero-order chi connectivity index (χ0) is 14.1. The topological polar surface area (TPSA) is 32.5 Å². The van der Waals surface area contributed by atoms with Crippen molar-refractivity contribution in [2.24, 2.45) is 5.41 Å². The second kappa shape index (κ2) is 4.90. The molecule has 1 heterocycles. The van der Waals surface area contributed by atoms with Gasteiger partial charge in [-0.3, -0.25) is 0 Å². The van der Waals surface area contributed by atoms with Crippen molar-refractivity contribution in [2.45, 2.75) is 52.7 Å². The minimum absolute atomic E-state index is 0.0334. The van der Waals surface area contributed by atoms with Gasteiger partial charge in [0.05, 0.1) is 0 Å². The van der Waals surface area contributed by atoms with Gasteiger partial charge in [-0.2, -0.15) is 0 Å². The normalized spacial score (nSPS) is 23.7. The SMILES string of the molecule is C=[N+](C)C1CCN(C(=O)OC(C)(C)C)CC1(C)C. The van der Waals surface area contributed by atoms with Crippen molar-refractivity contribution in [2.75, 3.05) is 20.1 Å². The summed E-state index contributed by atoms with van der Waals surface area (Å²) in [6.45, 7) is 15.5. The average molecular weight is 255 g/mol. The Balaban J connectivity index is 2.69. The Morgan fingerprint density at radius 1 is 1.44 bits per heavy atom. The van der Waals surface area contributed by atoms with Crippen molar-refractivity contribution < 1.29 is 14.1 Å². The van der Waals surface area contributed by atoms with Crippen LogP contribution in [0.5, 0.6) is 0 Å². The third-order valence-corrected chi connectivity index (χ3v) is 3.36. The van der Waals surface area contributed by atoms with Crippen molar-refractivity contribution in [1.29, 1.82) is 0 Å². The number of likely N-dealkylation sites (tertiary alicyclic amines) is 1. The maximum atomic E-state index is 12.1. The predicted octanol–water partition coefficient (Wildman–Crippen LogP) is 2.36. The van der Waals surface area contributed by atoms with Crippen LogP contribution < -0.4 is 0 Å². The van der Waals surface area contributed by atoms with Crippen LogP contribution in [0.15, 0.2) is 0 Å². The number of nitrogens with zero attached hydrogens (tertiary/aromatic N) is 2. The lowest BCUT2D eigenvalue weighted by molar-refractivity contribution is -0.551. The lowest BCUT2D eigenvalue weighted by Crippen LogP contribution is -2.54. The van der Waals surface area contributed by atoms with Gasteiger partial charge in [0.1, 0.15) is 19.4 Å². The summed E-state index contributed by atoms with van der Waals surface area (Å²) in [5.41, 5.74) is -0.396. The molecule has 4 heteroatoms. The maximum Gasteiger partial charge on any atom is 0.410 e. The molecule has 0 aromatic rings. The highest BCUT2D eigenvalue weighted by Crippen LogP contribution is 2.31. The Kier molecular flexibility index (Phi) is 4.08. The zero-order valence-electron chi connectivity index (χ0n) is 12.6. The lowest BCUT2D eigenvalue weighted by Gasteiger charge is -2.41. The van der Waals surface area contributed by atoms with Crippen molar-refractivity contribution in [3.63, 3.8) is 0 Å². The largest absolute Gasteiger partial charge is 0.444 e. The standard InChI is InChI=1S/C14H27N2O2/c1-13(2,3)18-12(17)16-9-8-11(15(6)7)14(4,5)10-16/h11H,6,8-10H2,1-5,7H3/q+1. The van der Waals surface area contributed by atoms with Crippen molar-refractivity contribution in [3.05, 3.63) is 0 Å². The van der Waals surface area contributed by atoms with E-state index in [4.69, 9.17) is 4.74 Å². The summed E-state index contributed by atoms with van der Waals surface area (Å²) in [6, 6.07) is 0.399. The average Bonchev–Trinajstić information content (AvgIpc) is 2.12. The van der Waals surface area contributed by atoms with E-state index in [1.165, 1.54) is 0 Å². The molecule has 1 unspecified atom stereocenters. The number of piperidine rings is 1. The molecular weight excluding hydrogens is 228 g/mol. The molecule has 0 radical (unpaired) electrons. The minimum Gasteiger partial charge on any atom is -0.444 e. The molecule has 1 aliphatic rings. The first-order valence-corrected chi connectivity index (χ1v) is 6.54. The number of ether oxygens (including phenoxy) is 1. The molecule has 0 N–H and O–H groups in total. The fraction of sp³-hybridized carbons (Fsp3) is 0.857. The van der Waals surface area contributed by atoms with Crippen molar-refractivity contribution in [3.8, 4) is 0 Å². The van der Waals surface area contributed by atoms with Crippen LogP contribution in [0.3, 0.4) is 0 Å². The van der Waals surface area contributed by atoms with Gasteiger partial charge in [-0.25, -0.2) is 9.37 Å². The van der Waals surface area contributed by atoms with Gasteiger partial charge in [-0.15, -0.1) is 0 Å². The van der Waals surface area contributed by atoms with Crippen LogP contribution in [0.2, 0.25) is 0 Å². The maximum absolute atomic E-state index is 12.1. The molecule has 0 spiro atoms. The van der Waals surface area contributed by atoms with Crippen LogP contribution in [0, 0.1) is 5.41 Å². The molecule has 0 aromatic heterocycles. The molecular formula is C14H27N2O2+. The van der Waals surface area contributed by atoms with Crippen molar-refractivity contribution in [1.82, 2.24) is 4.90 Å². The Hall–Kier alpha value is -1.06. The van der Waals surface area contributed by atoms with E-state index < -0.39 is 5.60 Å². The fourth-order valence-electron chi connectivity index (χ4n) is 2.64. The fourth-order valence-corrected chi connectivity index (χ4v) is 2.64. The quantitative estimate of drug-likeness (QED) is 0.532. The molecule has 0 aliphatic carbocycles. The molecule has 0 bridgehead atoms. The van der Waals surface area contributed by atoms with E-state index in [1.54, 1.807) is 0 Å². The van der Waals surface area contributed by atoms with Gasteiger partial charge in [-0.1, -0.05) is 13.8 Å².